The highest BCUT2D eigenvalue weighted by atomic mass is 35.5. The standard InChI is InChI=1S/C17H11ClF2N2O/c1-22-17(10-2-4-11(18)5-3-10)14(9-23)16(21-22)13-7-6-12(19)8-15(13)20/h2-9H,1H3. The molecule has 116 valence electrons. The Hall–Kier alpha value is -2.53. The van der Waals surface area contributed by atoms with E-state index in [1.54, 1.807) is 31.3 Å². The second kappa shape index (κ2) is 5.93. The highest BCUT2D eigenvalue weighted by molar-refractivity contribution is 6.30. The molecule has 0 aliphatic carbocycles. The summed E-state index contributed by atoms with van der Waals surface area (Å²) in [6.07, 6.45) is 0.620. The molecule has 1 heterocycles. The second-order valence-corrected chi connectivity index (χ2v) is 5.42. The van der Waals surface area contributed by atoms with Crippen LogP contribution in [0.1, 0.15) is 10.4 Å². The molecule has 0 spiro atoms. The van der Waals surface area contributed by atoms with E-state index in [1.165, 1.54) is 10.7 Å². The minimum atomic E-state index is -0.770. The second-order valence-electron chi connectivity index (χ2n) is 4.98. The average Bonchev–Trinajstić information content (AvgIpc) is 2.84. The van der Waals surface area contributed by atoms with Gasteiger partial charge in [0.05, 0.1) is 11.3 Å². The van der Waals surface area contributed by atoms with Crippen molar-refractivity contribution >= 4 is 17.9 Å². The number of aromatic nitrogens is 2. The molecule has 0 N–H and O–H groups in total. The first-order chi connectivity index (χ1) is 11.0. The minimum absolute atomic E-state index is 0.0734. The molecular formula is C17H11ClF2N2O. The summed E-state index contributed by atoms with van der Waals surface area (Å²) in [5.74, 6) is -1.46. The van der Waals surface area contributed by atoms with Crippen molar-refractivity contribution in [2.24, 2.45) is 7.05 Å². The van der Waals surface area contributed by atoms with Crippen LogP contribution in [0, 0.1) is 11.6 Å². The molecule has 0 saturated heterocycles. The molecule has 0 unspecified atom stereocenters. The van der Waals surface area contributed by atoms with Crippen molar-refractivity contribution in [3.63, 3.8) is 0 Å². The van der Waals surface area contributed by atoms with E-state index < -0.39 is 11.6 Å². The average molecular weight is 333 g/mol. The number of benzene rings is 2. The topological polar surface area (TPSA) is 34.9 Å². The summed E-state index contributed by atoms with van der Waals surface area (Å²) in [4.78, 5) is 11.6. The first-order valence-electron chi connectivity index (χ1n) is 6.75. The van der Waals surface area contributed by atoms with Crippen molar-refractivity contribution in [2.75, 3.05) is 0 Å². The van der Waals surface area contributed by atoms with Crippen LogP contribution in [-0.4, -0.2) is 16.1 Å². The van der Waals surface area contributed by atoms with E-state index in [2.05, 4.69) is 5.10 Å². The van der Waals surface area contributed by atoms with Gasteiger partial charge in [-0.05, 0) is 24.3 Å². The number of carbonyl (C=O) groups excluding carboxylic acids is 1. The van der Waals surface area contributed by atoms with Gasteiger partial charge < -0.3 is 0 Å². The fourth-order valence-electron chi connectivity index (χ4n) is 2.48. The van der Waals surface area contributed by atoms with Crippen LogP contribution in [0.3, 0.4) is 0 Å². The fraction of sp³-hybridized carbons (Fsp3) is 0.0588. The van der Waals surface area contributed by atoms with Crippen molar-refractivity contribution in [2.45, 2.75) is 0 Å². The molecule has 3 nitrogen and oxygen atoms in total. The zero-order valence-electron chi connectivity index (χ0n) is 12.1. The quantitative estimate of drug-likeness (QED) is 0.662. The molecule has 0 fully saturated rings. The van der Waals surface area contributed by atoms with Gasteiger partial charge >= 0.3 is 0 Å². The third kappa shape index (κ3) is 2.75. The van der Waals surface area contributed by atoms with E-state index in [4.69, 9.17) is 11.6 Å². The molecule has 3 aromatic rings. The Kier molecular flexibility index (Phi) is 3.96. The Morgan fingerprint density at radius 2 is 1.83 bits per heavy atom. The van der Waals surface area contributed by atoms with E-state index in [9.17, 15) is 13.6 Å². The first-order valence-corrected chi connectivity index (χ1v) is 7.12. The van der Waals surface area contributed by atoms with Crippen LogP contribution in [0.5, 0.6) is 0 Å². The van der Waals surface area contributed by atoms with Crippen LogP contribution < -0.4 is 0 Å². The van der Waals surface area contributed by atoms with Gasteiger partial charge in [0.1, 0.15) is 17.3 Å². The maximum absolute atomic E-state index is 14.0. The van der Waals surface area contributed by atoms with E-state index in [1.807, 2.05) is 0 Å². The SMILES string of the molecule is Cn1nc(-c2ccc(F)cc2F)c(C=O)c1-c1ccc(Cl)cc1. The molecule has 23 heavy (non-hydrogen) atoms. The van der Waals surface area contributed by atoms with Crippen LogP contribution in [0.2, 0.25) is 5.02 Å². The molecule has 0 aliphatic heterocycles. The van der Waals surface area contributed by atoms with Gasteiger partial charge in [0.2, 0.25) is 0 Å². The lowest BCUT2D eigenvalue weighted by Crippen LogP contribution is -1.95. The zero-order chi connectivity index (χ0) is 16.6. The third-order valence-electron chi connectivity index (χ3n) is 3.51. The molecule has 0 amide bonds. The molecular weight excluding hydrogens is 322 g/mol. The van der Waals surface area contributed by atoms with Crippen molar-refractivity contribution < 1.29 is 13.6 Å². The first kappa shape index (κ1) is 15.4. The van der Waals surface area contributed by atoms with Crippen LogP contribution >= 0.6 is 11.6 Å². The molecule has 0 aliphatic rings. The third-order valence-corrected chi connectivity index (χ3v) is 3.76. The molecule has 6 heteroatoms. The molecule has 0 atom stereocenters. The van der Waals surface area contributed by atoms with Gasteiger partial charge in [-0.3, -0.25) is 9.48 Å². The smallest absolute Gasteiger partial charge is 0.154 e. The summed E-state index contributed by atoms with van der Waals surface area (Å²) in [6, 6.07) is 10.0. The largest absolute Gasteiger partial charge is 0.298 e. The molecule has 2 aromatic carbocycles. The van der Waals surface area contributed by atoms with Gasteiger partial charge in [0.25, 0.3) is 0 Å². The molecule has 0 radical (unpaired) electrons. The summed E-state index contributed by atoms with van der Waals surface area (Å²) < 4.78 is 28.6. The predicted octanol–water partition coefficient (Wildman–Crippen LogP) is 4.50. The van der Waals surface area contributed by atoms with Gasteiger partial charge in [-0.2, -0.15) is 5.10 Å². The molecule has 0 bridgehead atoms. The van der Waals surface area contributed by atoms with Gasteiger partial charge in [-0.25, -0.2) is 8.78 Å². The van der Waals surface area contributed by atoms with Crippen molar-refractivity contribution in [1.82, 2.24) is 9.78 Å². The lowest BCUT2D eigenvalue weighted by atomic mass is 10.0. The van der Waals surface area contributed by atoms with Crippen molar-refractivity contribution in [3.8, 4) is 22.5 Å². The van der Waals surface area contributed by atoms with Crippen molar-refractivity contribution in [1.29, 1.82) is 0 Å². The Labute approximate surface area is 136 Å². The normalized spacial score (nSPS) is 10.8. The maximum atomic E-state index is 14.0. The van der Waals surface area contributed by atoms with Gasteiger partial charge in [-0.1, -0.05) is 23.7 Å². The lowest BCUT2D eigenvalue weighted by Gasteiger charge is -2.03. The Morgan fingerprint density at radius 3 is 2.43 bits per heavy atom. The van der Waals surface area contributed by atoms with E-state index in [0.29, 0.717) is 17.0 Å². The Balaban J connectivity index is 2.22. The number of halogens is 3. The number of aldehydes is 1. The summed E-state index contributed by atoms with van der Waals surface area (Å²) in [6.45, 7) is 0. The molecule has 1 aromatic heterocycles. The number of carbonyl (C=O) groups is 1. The van der Waals surface area contributed by atoms with Gasteiger partial charge in [0, 0.05) is 29.3 Å². The Bertz CT molecular complexity index is 888. The van der Waals surface area contributed by atoms with Crippen LogP contribution in [-0.2, 0) is 7.05 Å². The van der Waals surface area contributed by atoms with E-state index >= 15 is 0 Å². The maximum Gasteiger partial charge on any atom is 0.154 e. The number of nitrogens with zero attached hydrogens (tertiary/aromatic N) is 2. The lowest BCUT2D eigenvalue weighted by molar-refractivity contribution is 0.112. The number of rotatable bonds is 3. The summed E-state index contributed by atoms with van der Waals surface area (Å²) >= 11 is 5.87. The number of hydrogen-bond donors (Lipinski definition) is 0. The minimum Gasteiger partial charge on any atom is -0.298 e. The summed E-state index contributed by atoms with van der Waals surface area (Å²) in [5, 5.41) is 4.79. The fourth-order valence-corrected chi connectivity index (χ4v) is 2.61. The summed E-state index contributed by atoms with van der Waals surface area (Å²) in [7, 11) is 1.65. The van der Waals surface area contributed by atoms with E-state index in [-0.39, 0.29) is 16.8 Å². The monoisotopic (exact) mass is 332 g/mol. The van der Waals surface area contributed by atoms with Gasteiger partial charge in [-0.15, -0.1) is 0 Å². The van der Waals surface area contributed by atoms with Gasteiger partial charge in [0.15, 0.2) is 6.29 Å². The molecule has 0 saturated carbocycles. The highest BCUT2D eigenvalue weighted by Crippen LogP contribution is 2.32. The number of hydrogen-bond acceptors (Lipinski definition) is 2. The van der Waals surface area contributed by atoms with Crippen LogP contribution in [0.4, 0.5) is 8.78 Å². The molecule has 3 rings (SSSR count). The number of aryl methyl sites for hydroxylation is 1. The van der Waals surface area contributed by atoms with Crippen molar-refractivity contribution in [3.05, 3.63) is 64.7 Å². The zero-order valence-corrected chi connectivity index (χ0v) is 12.8. The Morgan fingerprint density at radius 1 is 1.13 bits per heavy atom. The van der Waals surface area contributed by atoms with E-state index in [0.717, 1.165) is 17.7 Å². The highest BCUT2D eigenvalue weighted by Gasteiger charge is 2.21. The van der Waals surface area contributed by atoms with Crippen LogP contribution in [0.25, 0.3) is 22.5 Å². The van der Waals surface area contributed by atoms with Crippen LogP contribution in [0.15, 0.2) is 42.5 Å². The summed E-state index contributed by atoms with van der Waals surface area (Å²) in [5.41, 5.74) is 1.74. The predicted molar refractivity (Wildman–Crippen MR) is 84.4 cm³/mol.